The molecule has 0 aliphatic heterocycles. The van der Waals surface area contributed by atoms with E-state index in [2.05, 4.69) is 31.2 Å². The van der Waals surface area contributed by atoms with E-state index in [4.69, 9.17) is 16.6 Å². The molecule has 6 heteroatoms. The molecule has 0 aliphatic rings. The number of rotatable bonds is 4. The molecule has 0 radical (unpaired) electrons. The van der Waals surface area contributed by atoms with Gasteiger partial charge in [-0.3, -0.25) is 4.79 Å². The lowest BCUT2D eigenvalue weighted by atomic mass is 9.93. The molecule has 1 amide bonds. The number of hydrogen-bond donors (Lipinski definition) is 1. The second kappa shape index (κ2) is 7.31. The Labute approximate surface area is 164 Å². The summed E-state index contributed by atoms with van der Waals surface area (Å²) >= 11 is 6.36. The van der Waals surface area contributed by atoms with Crippen molar-refractivity contribution in [3.8, 4) is 11.3 Å². The summed E-state index contributed by atoms with van der Waals surface area (Å²) in [4.78, 5) is 17.6. The zero-order valence-electron chi connectivity index (χ0n) is 16.4. The summed E-state index contributed by atoms with van der Waals surface area (Å²) in [6, 6.07) is 11.3. The SMILES string of the molecule is CCC(C)NC(=O)c1cc(-c2ccccc2Cl)nc2cc(C(C)(C)C)nn12. The largest absolute Gasteiger partial charge is 0.348 e. The first kappa shape index (κ1) is 19.4. The van der Waals surface area contributed by atoms with Gasteiger partial charge in [0.1, 0.15) is 5.69 Å². The van der Waals surface area contributed by atoms with Gasteiger partial charge in [0.05, 0.1) is 11.4 Å². The van der Waals surface area contributed by atoms with Crippen LogP contribution in [-0.2, 0) is 5.41 Å². The van der Waals surface area contributed by atoms with Crippen LogP contribution in [-0.4, -0.2) is 26.5 Å². The molecule has 0 saturated heterocycles. The maximum atomic E-state index is 12.9. The fourth-order valence-electron chi connectivity index (χ4n) is 2.71. The molecule has 1 atom stereocenters. The van der Waals surface area contributed by atoms with E-state index in [1.807, 2.05) is 44.2 Å². The molecule has 2 heterocycles. The Morgan fingerprint density at radius 2 is 1.96 bits per heavy atom. The Morgan fingerprint density at radius 1 is 1.26 bits per heavy atom. The van der Waals surface area contributed by atoms with Crippen molar-refractivity contribution in [3.63, 3.8) is 0 Å². The van der Waals surface area contributed by atoms with Gasteiger partial charge in [-0.05, 0) is 25.5 Å². The lowest BCUT2D eigenvalue weighted by Gasteiger charge is -2.14. The predicted molar refractivity (Wildman–Crippen MR) is 109 cm³/mol. The van der Waals surface area contributed by atoms with E-state index >= 15 is 0 Å². The fraction of sp³-hybridized carbons (Fsp3) is 0.381. The van der Waals surface area contributed by atoms with Gasteiger partial charge in [0, 0.05) is 28.1 Å². The van der Waals surface area contributed by atoms with Gasteiger partial charge in [0.15, 0.2) is 5.65 Å². The van der Waals surface area contributed by atoms with Crippen LogP contribution in [0.3, 0.4) is 0 Å². The number of hydrogen-bond acceptors (Lipinski definition) is 3. The van der Waals surface area contributed by atoms with E-state index in [1.54, 1.807) is 10.6 Å². The number of carbonyl (C=O) groups is 1. The van der Waals surface area contributed by atoms with Gasteiger partial charge >= 0.3 is 0 Å². The van der Waals surface area contributed by atoms with Crippen molar-refractivity contribution in [1.82, 2.24) is 19.9 Å². The van der Waals surface area contributed by atoms with Gasteiger partial charge < -0.3 is 5.32 Å². The standard InChI is InChI=1S/C21H25ClN4O/c1-6-13(2)23-20(27)17-11-16(14-9-7-8-10-15(14)22)24-19-12-18(21(3,4)5)25-26(17)19/h7-13H,6H2,1-5H3,(H,23,27). The molecule has 0 fully saturated rings. The molecule has 0 spiro atoms. The van der Waals surface area contributed by atoms with Crippen LogP contribution in [0.4, 0.5) is 0 Å². The van der Waals surface area contributed by atoms with Crippen molar-refractivity contribution in [2.75, 3.05) is 0 Å². The van der Waals surface area contributed by atoms with Crippen LogP contribution >= 0.6 is 11.6 Å². The minimum atomic E-state index is -0.173. The molecular formula is C21H25ClN4O. The number of amides is 1. The predicted octanol–water partition coefficient (Wildman–Crippen LogP) is 4.88. The minimum absolute atomic E-state index is 0.0714. The molecule has 1 aromatic carbocycles. The summed E-state index contributed by atoms with van der Waals surface area (Å²) in [7, 11) is 0. The van der Waals surface area contributed by atoms with Crippen LogP contribution in [0.15, 0.2) is 36.4 Å². The van der Waals surface area contributed by atoms with Crippen LogP contribution in [0.5, 0.6) is 0 Å². The van der Waals surface area contributed by atoms with Crippen molar-refractivity contribution in [1.29, 1.82) is 0 Å². The van der Waals surface area contributed by atoms with E-state index in [0.29, 0.717) is 22.1 Å². The van der Waals surface area contributed by atoms with Gasteiger partial charge in [-0.15, -0.1) is 0 Å². The second-order valence-corrected chi connectivity index (χ2v) is 8.25. The molecule has 2 aromatic heterocycles. The molecule has 0 bridgehead atoms. The smallest absolute Gasteiger partial charge is 0.270 e. The molecule has 142 valence electrons. The minimum Gasteiger partial charge on any atom is -0.348 e. The Kier molecular flexibility index (Phi) is 5.24. The Hall–Kier alpha value is -2.40. The normalized spacial score (nSPS) is 13.0. The molecular weight excluding hydrogens is 360 g/mol. The summed E-state index contributed by atoms with van der Waals surface area (Å²) in [6.07, 6.45) is 0.851. The number of fused-ring (bicyclic) bond motifs is 1. The molecule has 27 heavy (non-hydrogen) atoms. The molecule has 1 N–H and O–H groups in total. The lowest BCUT2D eigenvalue weighted by Crippen LogP contribution is -2.33. The third-order valence-electron chi connectivity index (χ3n) is 4.57. The second-order valence-electron chi connectivity index (χ2n) is 7.84. The Balaban J connectivity index is 2.22. The summed E-state index contributed by atoms with van der Waals surface area (Å²) in [5.74, 6) is -0.173. The van der Waals surface area contributed by atoms with E-state index in [1.165, 1.54) is 0 Å². The van der Waals surface area contributed by atoms with E-state index < -0.39 is 0 Å². The molecule has 0 aliphatic carbocycles. The van der Waals surface area contributed by atoms with E-state index in [9.17, 15) is 4.79 Å². The zero-order valence-corrected chi connectivity index (χ0v) is 17.1. The zero-order chi connectivity index (χ0) is 19.8. The lowest BCUT2D eigenvalue weighted by molar-refractivity contribution is 0.0931. The average Bonchev–Trinajstić information content (AvgIpc) is 3.05. The van der Waals surface area contributed by atoms with Gasteiger partial charge in [0.2, 0.25) is 0 Å². The topological polar surface area (TPSA) is 59.3 Å². The highest BCUT2D eigenvalue weighted by molar-refractivity contribution is 6.33. The molecule has 3 rings (SSSR count). The number of aromatic nitrogens is 3. The Morgan fingerprint density at radius 3 is 2.59 bits per heavy atom. The highest BCUT2D eigenvalue weighted by Crippen LogP contribution is 2.29. The summed E-state index contributed by atoms with van der Waals surface area (Å²) in [5.41, 5.74) is 3.25. The van der Waals surface area contributed by atoms with Crippen LogP contribution in [0.2, 0.25) is 5.02 Å². The molecule has 3 aromatic rings. The van der Waals surface area contributed by atoms with Crippen LogP contribution in [0, 0.1) is 0 Å². The third-order valence-corrected chi connectivity index (χ3v) is 4.90. The van der Waals surface area contributed by atoms with Crippen molar-refractivity contribution < 1.29 is 4.79 Å². The highest BCUT2D eigenvalue weighted by Gasteiger charge is 2.22. The number of benzene rings is 1. The van der Waals surface area contributed by atoms with Crippen molar-refractivity contribution in [3.05, 3.63) is 52.8 Å². The molecule has 1 unspecified atom stereocenters. The quantitative estimate of drug-likeness (QED) is 0.697. The maximum absolute atomic E-state index is 12.9. The average molecular weight is 385 g/mol. The maximum Gasteiger partial charge on any atom is 0.270 e. The first-order chi connectivity index (χ1) is 12.7. The van der Waals surface area contributed by atoms with Crippen LogP contribution < -0.4 is 5.32 Å². The van der Waals surface area contributed by atoms with Crippen LogP contribution in [0.25, 0.3) is 16.9 Å². The monoisotopic (exact) mass is 384 g/mol. The summed E-state index contributed by atoms with van der Waals surface area (Å²) < 4.78 is 1.62. The summed E-state index contributed by atoms with van der Waals surface area (Å²) in [5, 5.41) is 8.27. The van der Waals surface area contributed by atoms with Gasteiger partial charge in [-0.1, -0.05) is 57.5 Å². The van der Waals surface area contributed by atoms with Crippen LogP contribution in [0.1, 0.15) is 57.2 Å². The van der Waals surface area contributed by atoms with Crippen molar-refractivity contribution >= 4 is 23.2 Å². The van der Waals surface area contributed by atoms with Gasteiger partial charge in [0.25, 0.3) is 5.91 Å². The fourth-order valence-corrected chi connectivity index (χ4v) is 2.94. The summed E-state index contributed by atoms with van der Waals surface area (Å²) in [6.45, 7) is 10.3. The Bertz CT molecular complexity index is 988. The van der Waals surface area contributed by atoms with Gasteiger partial charge in [-0.2, -0.15) is 5.10 Å². The molecule has 0 saturated carbocycles. The van der Waals surface area contributed by atoms with Gasteiger partial charge in [-0.25, -0.2) is 9.50 Å². The van der Waals surface area contributed by atoms with E-state index in [0.717, 1.165) is 17.7 Å². The number of halogens is 1. The van der Waals surface area contributed by atoms with Crippen molar-refractivity contribution in [2.24, 2.45) is 0 Å². The first-order valence-corrected chi connectivity index (χ1v) is 9.55. The number of nitrogens with zero attached hydrogens (tertiary/aromatic N) is 3. The van der Waals surface area contributed by atoms with E-state index in [-0.39, 0.29) is 17.4 Å². The highest BCUT2D eigenvalue weighted by atomic mass is 35.5. The van der Waals surface area contributed by atoms with Crippen molar-refractivity contribution in [2.45, 2.75) is 52.5 Å². The number of carbonyl (C=O) groups excluding carboxylic acids is 1. The third kappa shape index (κ3) is 3.98. The number of nitrogens with one attached hydrogen (secondary N) is 1. The molecule has 5 nitrogen and oxygen atoms in total. The first-order valence-electron chi connectivity index (χ1n) is 9.17.